The van der Waals surface area contributed by atoms with Crippen molar-refractivity contribution in [1.82, 2.24) is 0 Å². The fraction of sp³-hybridized carbons (Fsp3) is 0.250. The maximum Gasteiger partial charge on any atom is 0.269 e. The number of non-ortho nitro benzene ring substituents is 1. The van der Waals surface area contributed by atoms with E-state index in [1.165, 1.54) is 12.1 Å². The Morgan fingerprint density at radius 3 is 2.29 bits per heavy atom. The van der Waals surface area contributed by atoms with Crippen molar-refractivity contribution in [1.29, 1.82) is 0 Å². The van der Waals surface area contributed by atoms with Crippen LogP contribution in [-0.4, -0.2) is 35.3 Å². The first-order chi connectivity index (χ1) is 16.4. The highest BCUT2D eigenvalue weighted by Gasteiger charge is 2.42. The molecule has 0 amide bonds. The summed E-state index contributed by atoms with van der Waals surface area (Å²) in [5.41, 5.74) is -0.343. The van der Waals surface area contributed by atoms with Gasteiger partial charge in [-0.15, -0.1) is 0 Å². The summed E-state index contributed by atoms with van der Waals surface area (Å²) in [6, 6.07) is 14.1. The lowest BCUT2D eigenvalue weighted by molar-refractivity contribution is -0.384. The van der Waals surface area contributed by atoms with Gasteiger partial charge in [0, 0.05) is 17.7 Å². The molecule has 0 aromatic heterocycles. The predicted molar refractivity (Wildman–Crippen MR) is 125 cm³/mol. The molecule has 2 atom stereocenters. The monoisotopic (exact) mass is 502 g/mol. The number of nitrogens with zero attached hydrogens (tertiary/aromatic N) is 2. The zero-order chi connectivity index (χ0) is 25.5. The number of ether oxygens (including phenoxy) is 1. The standard InChI is InChI=1S/C24H23FN2O7S/c1-24(2)23(29)22(28)20-13-15(3-12-21(20)34-24)14-26(17-6-4-16(25)5-7-17)35(32,33)19-10-8-18(9-11-19)27(30)31/h3-13,22-23,28-29H,14H2,1-2H3/t22-,23+/m0/s1. The van der Waals surface area contributed by atoms with Crippen molar-refractivity contribution in [3.05, 3.63) is 93.8 Å². The molecular formula is C24H23FN2O7S. The van der Waals surface area contributed by atoms with Crippen LogP contribution in [0.4, 0.5) is 15.8 Å². The molecule has 0 spiro atoms. The van der Waals surface area contributed by atoms with Crippen LogP contribution >= 0.6 is 0 Å². The van der Waals surface area contributed by atoms with E-state index in [0.29, 0.717) is 16.9 Å². The largest absolute Gasteiger partial charge is 0.485 e. The Labute approximate surface area is 201 Å². The van der Waals surface area contributed by atoms with Crippen LogP contribution in [-0.2, 0) is 16.6 Å². The van der Waals surface area contributed by atoms with E-state index < -0.39 is 38.6 Å². The van der Waals surface area contributed by atoms with E-state index in [-0.39, 0.29) is 22.8 Å². The van der Waals surface area contributed by atoms with Gasteiger partial charge in [-0.2, -0.15) is 0 Å². The average Bonchev–Trinajstić information content (AvgIpc) is 2.82. The van der Waals surface area contributed by atoms with Crippen LogP contribution in [0.15, 0.2) is 71.6 Å². The van der Waals surface area contributed by atoms with Crippen molar-refractivity contribution >= 4 is 21.4 Å². The quantitative estimate of drug-likeness (QED) is 0.388. The third-order valence-electron chi connectivity index (χ3n) is 5.85. The van der Waals surface area contributed by atoms with Crippen LogP contribution in [0, 0.1) is 15.9 Å². The molecule has 35 heavy (non-hydrogen) atoms. The summed E-state index contributed by atoms with van der Waals surface area (Å²) in [6.07, 6.45) is -2.46. The van der Waals surface area contributed by atoms with Crippen molar-refractivity contribution in [2.75, 3.05) is 4.31 Å². The Morgan fingerprint density at radius 1 is 1.06 bits per heavy atom. The van der Waals surface area contributed by atoms with Crippen LogP contribution in [0.3, 0.4) is 0 Å². The number of sulfonamides is 1. The molecule has 1 heterocycles. The van der Waals surface area contributed by atoms with E-state index in [4.69, 9.17) is 4.74 Å². The van der Waals surface area contributed by atoms with Gasteiger partial charge in [0.25, 0.3) is 15.7 Å². The van der Waals surface area contributed by atoms with Crippen LogP contribution in [0.1, 0.15) is 31.1 Å². The first-order valence-electron chi connectivity index (χ1n) is 10.6. The van der Waals surface area contributed by atoms with E-state index in [1.807, 2.05) is 0 Å². The molecule has 0 saturated heterocycles. The minimum Gasteiger partial charge on any atom is -0.485 e. The number of benzene rings is 3. The molecule has 2 N–H and O–H groups in total. The van der Waals surface area contributed by atoms with E-state index in [0.717, 1.165) is 40.7 Å². The molecule has 0 aliphatic carbocycles. The molecule has 3 aromatic rings. The summed E-state index contributed by atoms with van der Waals surface area (Å²) in [4.78, 5) is 10.1. The van der Waals surface area contributed by atoms with Crippen LogP contribution in [0.2, 0.25) is 0 Å². The lowest BCUT2D eigenvalue weighted by Crippen LogP contribution is -2.48. The molecule has 0 radical (unpaired) electrons. The second kappa shape index (κ2) is 8.91. The van der Waals surface area contributed by atoms with E-state index >= 15 is 0 Å². The van der Waals surface area contributed by atoms with Crippen molar-refractivity contribution in [3.63, 3.8) is 0 Å². The molecule has 184 valence electrons. The van der Waals surface area contributed by atoms with Crippen molar-refractivity contribution in [2.24, 2.45) is 0 Å². The third-order valence-corrected chi connectivity index (χ3v) is 7.64. The second-order valence-electron chi connectivity index (χ2n) is 8.71. The third kappa shape index (κ3) is 4.70. The molecule has 1 aliphatic heterocycles. The van der Waals surface area contributed by atoms with Crippen LogP contribution < -0.4 is 9.04 Å². The van der Waals surface area contributed by atoms with Gasteiger partial charge >= 0.3 is 0 Å². The molecule has 0 bridgehead atoms. The van der Waals surface area contributed by atoms with E-state index in [9.17, 15) is 33.1 Å². The Bertz CT molecular complexity index is 1360. The zero-order valence-corrected chi connectivity index (χ0v) is 19.6. The Kier molecular flexibility index (Phi) is 6.26. The fourth-order valence-corrected chi connectivity index (χ4v) is 5.32. The number of rotatable bonds is 6. The predicted octanol–water partition coefficient (Wildman–Crippen LogP) is 3.69. The summed E-state index contributed by atoms with van der Waals surface area (Å²) >= 11 is 0. The molecule has 0 saturated carbocycles. The number of hydrogen-bond donors (Lipinski definition) is 2. The molecule has 0 unspecified atom stereocenters. The molecule has 0 fully saturated rings. The number of fused-ring (bicyclic) bond motifs is 1. The zero-order valence-electron chi connectivity index (χ0n) is 18.8. The first-order valence-corrected chi connectivity index (χ1v) is 12.0. The minimum atomic E-state index is -4.23. The van der Waals surface area contributed by atoms with Gasteiger partial charge in [0.2, 0.25) is 0 Å². The SMILES string of the molecule is CC1(C)Oc2ccc(CN(c3ccc(F)cc3)S(=O)(=O)c3ccc([N+](=O)[O-])cc3)cc2[C@H](O)[C@H]1O. The highest BCUT2D eigenvalue weighted by atomic mass is 32.2. The van der Waals surface area contributed by atoms with Gasteiger partial charge in [0.05, 0.1) is 22.1 Å². The number of aliphatic hydroxyl groups is 2. The Balaban J connectivity index is 1.75. The Hall–Kier alpha value is -3.54. The average molecular weight is 503 g/mol. The molecule has 1 aliphatic rings. The van der Waals surface area contributed by atoms with E-state index in [1.54, 1.807) is 32.0 Å². The summed E-state index contributed by atoms with van der Waals surface area (Å²) in [5, 5.41) is 32.0. The van der Waals surface area contributed by atoms with Crippen LogP contribution in [0.5, 0.6) is 5.75 Å². The highest BCUT2D eigenvalue weighted by molar-refractivity contribution is 7.92. The molecule has 9 nitrogen and oxygen atoms in total. The number of hydrogen-bond acceptors (Lipinski definition) is 7. The lowest BCUT2D eigenvalue weighted by atomic mass is 9.88. The van der Waals surface area contributed by atoms with Crippen LogP contribution in [0.25, 0.3) is 0 Å². The number of halogens is 1. The van der Waals surface area contributed by atoms with Gasteiger partial charge < -0.3 is 14.9 Å². The maximum atomic E-state index is 13.6. The molecule has 11 heteroatoms. The van der Waals surface area contributed by atoms with Gasteiger partial charge in [-0.3, -0.25) is 14.4 Å². The minimum absolute atomic E-state index is 0.167. The van der Waals surface area contributed by atoms with Gasteiger partial charge in [0.15, 0.2) is 0 Å². The number of aliphatic hydroxyl groups excluding tert-OH is 2. The van der Waals surface area contributed by atoms with Gasteiger partial charge in [-0.05, 0) is 67.9 Å². The second-order valence-corrected chi connectivity index (χ2v) is 10.6. The number of anilines is 1. The molecule has 4 rings (SSSR count). The topological polar surface area (TPSA) is 130 Å². The summed E-state index contributed by atoms with van der Waals surface area (Å²) in [5.74, 6) is -0.185. The van der Waals surface area contributed by atoms with Crippen molar-refractivity contribution < 1.29 is 32.7 Å². The normalized spacial score (nSPS) is 18.9. The van der Waals surface area contributed by atoms with Gasteiger partial charge in [-0.1, -0.05) is 6.07 Å². The Morgan fingerprint density at radius 2 is 1.69 bits per heavy atom. The summed E-state index contributed by atoms with van der Waals surface area (Å²) in [6.45, 7) is 3.08. The maximum absolute atomic E-state index is 13.6. The van der Waals surface area contributed by atoms with Crippen molar-refractivity contribution in [2.45, 2.75) is 43.1 Å². The van der Waals surface area contributed by atoms with E-state index in [2.05, 4.69) is 0 Å². The first kappa shape index (κ1) is 24.6. The van der Waals surface area contributed by atoms with Gasteiger partial charge in [-0.25, -0.2) is 12.8 Å². The summed E-state index contributed by atoms with van der Waals surface area (Å²) in [7, 11) is -4.23. The smallest absolute Gasteiger partial charge is 0.269 e. The highest BCUT2D eigenvalue weighted by Crippen LogP contribution is 2.40. The van der Waals surface area contributed by atoms with Gasteiger partial charge in [0.1, 0.15) is 29.4 Å². The fourth-order valence-electron chi connectivity index (χ4n) is 3.87. The summed E-state index contributed by atoms with van der Waals surface area (Å²) < 4.78 is 47.5. The number of nitro groups is 1. The number of nitro benzene ring substituents is 1. The lowest BCUT2D eigenvalue weighted by Gasteiger charge is -2.40. The molecular weight excluding hydrogens is 479 g/mol. The molecule has 3 aromatic carbocycles. The van der Waals surface area contributed by atoms with Crippen molar-refractivity contribution in [3.8, 4) is 5.75 Å².